The van der Waals surface area contributed by atoms with Gasteiger partial charge in [-0.05, 0) is 44.0 Å². The van der Waals surface area contributed by atoms with Crippen molar-refractivity contribution in [3.63, 3.8) is 0 Å². The van der Waals surface area contributed by atoms with E-state index in [1.54, 1.807) is 14.2 Å². The van der Waals surface area contributed by atoms with Crippen molar-refractivity contribution in [1.29, 1.82) is 0 Å². The summed E-state index contributed by atoms with van der Waals surface area (Å²) in [5.74, 6) is 1.62. The predicted molar refractivity (Wildman–Crippen MR) is 74.9 cm³/mol. The molecule has 1 aliphatic heterocycles. The van der Waals surface area contributed by atoms with E-state index in [4.69, 9.17) is 14.2 Å². The molecular formula is C15H23NO3. The second-order valence-corrected chi connectivity index (χ2v) is 4.82. The van der Waals surface area contributed by atoms with Crippen molar-refractivity contribution in [2.24, 2.45) is 0 Å². The van der Waals surface area contributed by atoms with Crippen LogP contribution in [0.1, 0.15) is 30.9 Å². The van der Waals surface area contributed by atoms with Crippen LogP contribution in [0.25, 0.3) is 0 Å². The molecule has 2 rings (SSSR count). The summed E-state index contributed by atoms with van der Waals surface area (Å²) in [7, 11) is 5.31. The smallest absolute Gasteiger partial charge is 0.122 e. The molecule has 2 unspecified atom stereocenters. The summed E-state index contributed by atoms with van der Waals surface area (Å²) < 4.78 is 16.5. The van der Waals surface area contributed by atoms with Gasteiger partial charge in [-0.3, -0.25) is 0 Å². The Kier molecular flexibility index (Phi) is 5.05. The normalized spacial score (nSPS) is 20.9. The van der Waals surface area contributed by atoms with Crippen LogP contribution in [-0.4, -0.2) is 34.0 Å². The van der Waals surface area contributed by atoms with Crippen LogP contribution < -0.4 is 14.8 Å². The highest BCUT2D eigenvalue weighted by atomic mass is 16.5. The first kappa shape index (κ1) is 14.2. The van der Waals surface area contributed by atoms with Gasteiger partial charge in [-0.15, -0.1) is 0 Å². The maximum atomic E-state index is 5.89. The van der Waals surface area contributed by atoms with Gasteiger partial charge in [0.05, 0.1) is 26.4 Å². The van der Waals surface area contributed by atoms with Crippen molar-refractivity contribution in [2.75, 3.05) is 27.9 Å². The summed E-state index contributed by atoms with van der Waals surface area (Å²) in [6.45, 7) is 0.851. The molecule has 0 amide bonds. The minimum absolute atomic E-state index is 0.171. The first-order valence-electron chi connectivity index (χ1n) is 6.80. The maximum absolute atomic E-state index is 5.89. The van der Waals surface area contributed by atoms with E-state index >= 15 is 0 Å². The molecule has 19 heavy (non-hydrogen) atoms. The zero-order chi connectivity index (χ0) is 13.7. The van der Waals surface area contributed by atoms with Crippen LogP contribution in [0.5, 0.6) is 11.5 Å². The molecule has 1 saturated heterocycles. The molecule has 0 aromatic heterocycles. The quantitative estimate of drug-likeness (QED) is 0.888. The van der Waals surface area contributed by atoms with Gasteiger partial charge in [-0.25, -0.2) is 0 Å². The molecule has 106 valence electrons. The topological polar surface area (TPSA) is 39.7 Å². The third kappa shape index (κ3) is 3.39. The molecule has 1 aromatic rings. The Bertz CT molecular complexity index is 380. The molecule has 1 fully saturated rings. The SMILES string of the molecule is CNC(c1cc(OC)cc(OC)c1)C1CCCCO1. The summed E-state index contributed by atoms with van der Waals surface area (Å²) in [6, 6.07) is 6.14. The molecule has 2 atom stereocenters. The number of nitrogens with one attached hydrogen (secondary N) is 1. The largest absolute Gasteiger partial charge is 0.497 e. The number of methoxy groups -OCH3 is 2. The Balaban J connectivity index is 2.25. The fourth-order valence-corrected chi connectivity index (χ4v) is 2.60. The number of ether oxygens (including phenoxy) is 3. The minimum Gasteiger partial charge on any atom is -0.497 e. The van der Waals surface area contributed by atoms with Gasteiger partial charge < -0.3 is 19.5 Å². The van der Waals surface area contributed by atoms with Gasteiger partial charge >= 0.3 is 0 Å². The lowest BCUT2D eigenvalue weighted by Crippen LogP contribution is -2.34. The molecule has 0 bridgehead atoms. The average Bonchev–Trinajstić information content (AvgIpc) is 2.48. The highest BCUT2D eigenvalue weighted by Crippen LogP contribution is 2.31. The predicted octanol–water partition coefficient (Wildman–Crippen LogP) is 2.53. The zero-order valence-corrected chi connectivity index (χ0v) is 11.9. The highest BCUT2D eigenvalue weighted by Gasteiger charge is 2.25. The summed E-state index contributed by atoms with van der Waals surface area (Å²) in [5.41, 5.74) is 1.14. The summed E-state index contributed by atoms with van der Waals surface area (Å²) >= 11 is 0. The number of benzene rings is 1. The second kappa shape index (κ2) is 6.78. The molecule has 0 radical (unpaired) electrons. The van der Waals surface area contributed by atoms with Crippen LogP contribution in [0.3, 0.4) is 0 Å². The Morgan fingerprint density at radius 1 is 1.16 bits per heavy atom. The fourth-order valence-electron chi connectivity index (χ4n) is 2.60. The highest BCUT2D eigenvalue weighted by molar-refractivity contribution is 5.40. The third-order valence-corrected chi connectivity index (χ3v) is 3.63. The number of likely N-dealkylation sites (N-methyl/N-ethyl adjacent to an activating group) is 1. The Morgan fingerprint density at radius 2 is 1.84 bits per heavy atom. The van der Waals surface area contributed by atoms with E-state index in [1.165, 1.54) is 6.42 Å². The van der Waals surface area contributed by atoms with Crippen LogP contribution in [-0.2, 0) is 4.74 Å². The average molecular weight is 265 g/mol. The van der Waals surface area contributed by atoms with Crippen LogP contribution in [0.15, 0.2) is 18.2 Å². The van der Waals surface area contributed by atoms with Crippen molar-refractivity contribution in [1.82, 2.24) is 5.32 Å². The molecule has 0 saturated carbocycles. The lowest BCUT2D eigenvalue weighted by atomic mass is 9.95. The molecule has 4 nitrogen and oxygen atoms in total. The van der Waals surface area contributed by atoms with E-state index in [-0.39, 0.29) is 12.1 Å². The van der Waals surface area contributed by atoms with E-state index < -0.39 is 0 Å². The molecule has 1 aromatic carbocycles. The molecular weight excluding hydrogens is 242 g/mol. The second-order valence-electron chi connectivity index (χ2n) is 4.82. The maximum Gasteiger partial charge on any atom is 0.122 e. The van der Waals surface area contributed by atoms with E-state index in [0.29, 0.717) is 0 Å². The minimum atomic E-state index is 0.171. The number of rotatable bonds is 5. The summed E-state index contributed by atoms with van der Waals surface area (Å²) in [6.07, 6.45) is 3.69. The number of hydrogen-bond donors (Lipinski definition) is 1. The van der Waals surface area contributed by atoms with Gasteiger partial charge in [-0.2, -0.15) is 0 Å². The van der Waals surface area contributed by atoms with Gasteiger partial charge in [-0.1, -0.05) is 0 Å². The van der Waals surface area contributed by atoms with E-state index in [1.807, 2.05) is 25.2 Å². The molecule has 1 heterocycles. The van der Waals surface area contributed by atoms with E-state index in [2.05, 4.69) is 5.32 Å². The standard InChI is InChI=1S/C15H23NO3/c1-16-15(14-6-4-5-7-19-14)11-8-12(17-2)10-13(9-11)18-3/h8-10,14-16H,4-7H2,1-3H3. The monoisotopic (exact) mass is 265 g/mol. The third-order valence-electron chi connectivity index (χ3n) is 3.63. The molecule has 1 aliphatic rings. The lowest BCUT2D eigenvalue weighted by Gasteiger charge is -2.31. The van der Waals surface area contributed by atoms with Crippen molar-refractivity contribution >= 4 is 0 Å². The molecule has 0 aliphatic carbocycles. The lowest BCUT2D eigenvalue weighted by molar-refractivity contribution is -0.00667. The first-order valence-corrected chi connectivity index (χ1v) is 6.80. The Hall–Kier alpha value is -1.26. The van der Waals surface area contributed by atoms with Gasteiger partial charge in [0.25, 0.3) is 0 Å². The van der Waals surface area contributed by atoms with Gasteiger partial charge in [0.1, 0.15) is 11.5 Å². The van der Waals surface area contributed by atoms with Crippen molar-refractivity contribution in [2.45, 2.75) is 31.4 Å². The van der Waals surface area contributed by atoms with Crippen molar-refractivity contribution < 1.29 is 14.2 Å². The van der Waals surface area contributed by atoms with E-state index in [0.717, 1.165) is 36.5 Å². The van der Waals surface area contributed by atoms with Crippen molar-refractivity contribution in [3.05, 3.63) is 23.8 Å². The number of hydrogen-bond acceptors (Lipinski definition) is 4. The molecule has 4 heteroatoms. The van der Waals surface area contributed by atoms with Crippen LogP contribution in [0.2, 0.25) is 0 Å². The Morgan fingerprint density at radius 3 is 2.32 bits per heavy atom. The van der Waals surface area contributed by atoms with Gasteiger partial charge in [0.2, 0.25) is 0 Å². The van der Waals surface area contributed by atoms with Crippen LogP contribution in [0.4, 0.5) is 0 Å². The summed E-state index contributed by atoms with van der Waals surface area (Å²) in [5, 5.41) is 3.35. The fraction of sp³-hybridized carbons (Fsp3) is 0.600. The molecule has 0 spiro atoms. The Labute approximate surface area is 115 Å². The van der Waals surface area contributed by atoms with Gasteiger partial charge in [0, 0.05) is 12.7 Å². The zero-order valence-electron chi connectivity index (χ0n) is 11.9. The van der Waals surface area contributed by atoms with Gasteiger partial charge in [0.15, 0.2) is 0 Å². The van der Waals surface area contributed by atoms with Crippen LogP contribution in [0, 0.1) is 0 Å². The first-order chi connectivity index (χ1) is 9.28. The summed E-state index contributed by atoms with van der Waals surface area (Å²) in [4.78, 5) is 0. The van der Waals surface area contributed by atoms with Crippen LogP contribution >= 0.6 is 0 Å². The molecule has 1 N–H and O–H groups in total. The van der Waals surface area contributed by atoms with E-state index in [9.17, 15) is 0 Å². The van der Waals surface area contributed by atoms with Crippen molar-refractivity contribution in [3.8, 4) is 11.5 Å².